The number of nitrogens with zero attached hydrogens (tertiary/aromatic N) is 2. The highest BCUT2D eigenvalue weighted by atomic mass is 35.5. The molecule has 2 aromatic rings. The van der Waals surface area contributed by atoms with E-state index in [1.54, 1.807) is 42.5 Å². The quantitative estimate of drug-likeness (QED) is 0.747. The van der Waals surface area contributed by atoms with Crippen molar-refractivity contribution < 1.29 is 9.59 Å². The first-order valence-corrected chi connectivity index (χ1v) is 8.88. The third-order valence-electron chi connectivity index (χ3n) is 3.89. The SMILES string of the molecule is CCN(CC(=O)NCc1ccc(Cl)cc1)C(=O)C=Cc1ccc(C#N)cc1. The molecule has 2 rings (SSSR count). The highest BCUT2D eigenvalue weighted by molar-refractivity contribution is 6.30. The van der Waals surface area contributed by atoms with E-state index in [-0.39, 0.29) is 18.4 Å². The highest BCUT2D eigenvalue weighted by Crippen LogP contribution is 2.09. The van der Waals surface area contributed by atoms with E-state index in [9.17, 15) is 9.59 Å². The number of nitrogens with one attached hydrogen (secondary N) is 1. The predicted molar refractivity (Wildman–Crippen MR) is 106 cm³/mol. The normalized spacial score (nSPS) is 10.4. The number of benzene rings is 2. The summed E-state index contributed by atoms with van der Waals surface area (Å²) in [6, 6.07) is 16.1. The van der Waals surface area contributed by atoms with Gasteiger partial charge in [0.25, 0.3) is 0 Å². The molecule has 0 aliphatic rings. The predicted octanol–water partition coefficient (Wildman–Crippen LogP) is 3.39. The van der Waals surface area contributed by atoms with Crippen LogP contribution < -0.4 is 5.32 Å². The molecule has 0 fully saturated rings. The number of carbonyl (C=O) groups is 2. The lowest BCUT2D eigenvalue weighted by Gasteiger charge is -2.18. The zero-order chi connectivity index (χ0) is 19.6. The first-order valence-electron chi connectivity index (χ1n) is 8.50. The van der Waals surface area contributed by atoms with E-state index < -0.39 is 0 Å². The summed E-state index contributed by atoms with van der Waals surface area (Å²) in [5, 5.41) is 12.2. The summed E-state index contributed by atoms with van der Waals surface area (Å²) in [4.78, 5) is 25.9. The van der Waals surface area contributed by atoms with Crippen LogP contribution in [0.1, 0.15) is 23.6 Å². The summed E-state index contributed by atoms with van der Waals surface area (Å²) in [5.41, 5.74) is 2.31. The average Bonchev–Trinajstić information content (AvgIpc) is 2.70. The molecule has 0 heterocycles. The van der Waals surface area contributed by atoms with Crippen LogP contribution in [0.3, 0.4) is 0 Å². The molecule has 6 heteroatoms. The molecule has 0 aliphatic heterocycles. The summed E-state index contributed by atoms with van der Waals surface area (Å²) in [7, 11) is 0. The Hall–Kier alpha value is -3.10. The Morgan fingerprint density at radius 2 is 1.81 bits per heavy atom. The van der Waals surface area contributed by atoms with Crippen molar-refractivity contribution >= 4 is 29.5 Å². The maximum Gasteiger partial charge on any atom is 0.247 e. The molecule has 0 bridgehead atoms. The Bertz CT molecular complexity index is 852. The Morgan fingerprint density at radius 1 is 1.15 bits per heavy atom. The molecule has 0 spiro atoms. The van der Waals surface area contributed by atoms with Gasteiger partial charge in [0, 0.05) is 24.2 Å². The Balaban J connectivity index is 1.87. The van der Waals surface area contributed by atoms with Gasteiger partial charge in [-0.15, -0.1) is 0 Å². The maximum atomic E-state index is 12.3. The van der Waals surface area contributed by atoms with Crippen LogP contribution in [0.25, 0.3) is 6.08 Å². The lowest BCUT2D eigenvalue weighted by atomic mass is 10.1. The summed E-state index contributed by atoms with van der Waals surface area (Å²) < 4.78 is 0. The molecule has 0 radical (unpaired) electrons. The van der Waals surface area contributed by atoms with Crippen LogP contribution in [0.15, 0.2) is 54.6 Å². The maximum absolute atomic E-state index is 12.3. The van der Waals surface area contributed by atoms with Gasteiger partial charge in [-0.05, 0) is 48.4 Å². The lowest BCUT2D eigenvalue weighted by Crippen LogP contribution is -2.39. The van der Waals surface area contributed by atoms with Crippen LogP contribution in [0, 0.1) is 11.3 Å². The van der Waals surface area contributed by atoms with Gasteiger partial charge in [-0.25, -0.2) is 0 Å². The van der Waals surface area contributed by atoms with Gasteiger partial charge < -0.3 is 10.2 Å². The number of amides is 2. The minimum atomic E-state index is -0.247. The number of hydrogen-bond acceptors (Lipinski definition) is 3. The van der Waals surface area contributed by atoms with E-state index >= 15 is 0 Å². The van der Waals surface area contributed by atoms with Gasteiger partial charge in [0.2, 0.25) is 11.8 Å². The molecule has 0 saturated carbocycles. The van der Waals surface area contributed by atoms with Gasteiger partial charge in [0.05, 0.1) is 18.2 Å². The van der Waals surface area contributed by atoms with E-state index in [2.05, 4.69) is 5.32 Å². The minimum Gasteiger partial charge on any atom is -0.350 e. The topological polar surface area (TPSA) is 73.2 Å². The van der Waals surface area contributed by atoms with E-state index in [1.165, 1.54) is 11.0 Å². The van der Waals surface area contributed by atoms with E-state index in [4.69, 9.17) is 16.9 Å². The fraction of sp³-hybridized carbons (Fsp3) is 0.190. The average molecular weight is 382 g/mol. The molecule has 0 aliphatic carbocycles. The highest BCUT2D eigenvalue weighted by Gasteiger charge is 2.13. The minimum absolute atomic E-state index is 0.0133. The number of likely N-dealkylation sites (N-methyl/N-ethyl adjacent to an activating group) is 1. The van der Waals surface area contributed by atoms with Crippen molar-refractivity contribution in [3.63, 3.8) is 0 Å². The molecule has 0 saturated heterocycles. The van der Waals surface area contributed by atoms with Crippen LogP contribution in [0.4, 0.5) is 0 Å². The molecule has 0 atom stereocenters. The summed E-state index contributed by atoms with van der Waals surface area (Å²) in [5.74, 6) is -0.476. The van der Waals surface area contributed by atoms with Crippen LogP contribution in [-0.4, -0.2) is 29.8 Å². The molecule has 5 nitrogen and oxygen atoms in total. The van der Waals surface area contributed by atoms with Gasteiger partial charge in [-0.2, -0.15) is 5.26 Å². The van der Waals surface area contributed by atoms with Gasteiger partial charge >= 0.3 is 0 Å². The second-order valence-electron chi connectivity index (χ2n) is 5.82. The first-order chi connectivity index (χ1) is 13.0. The molecule has 27 heavy (non-hydrogen) atoms. The van der Waals surface area contributed by atoms with Crippen molar-refractivity contribution in [2.24, 2.45) is 0 Å². The summed E-state index contributed by atoms with van der Waals surface area (Å²) in [6.45, 7) is 2.61. The zero-order valence-corrected chi connectivity index (χ0v) is 15.7. The fourth-order valence-corrected chi connectivity index (χ4v) is 2.45. The molecular formula is C21H20ClN3O2. The molecule has 138 valence electrons. The number of rotatable bonds is 7. The van der Waals surface area contributed by atoms with Gasteiger partial charge in [0.15, 0.2) is 0 Å². The molecule has 2 amide bonds. The summed E-state index contributed by atoms with van der Waals surface area (Å²) in [6.07, 6.45) is 3.09. The largest absolute Gasteiger partial charge is 0.350 e. The smallest absolute Gasteiger partial charge is 0.247 e. The monoisotopic (exact) mass is 381 g/mol. The Kier molecular flexibility index (Phi) is 7.60. The molecule has 1 N–H and O–H groups in total. The molecular weight excluding hydrogens is 362 g/mol. The van der Waals surface area contributed by atoms with Crippen molar-refractivity contribution in [2.75, 3.05) is 13.1 Å². The van der Waals surface area contributed by atoms with Crippen LogP contribution in [-0.2, 0) is 16.1 Å². The van der Waals surface area contributed by atoms with Crippen molar-refractivity contribution in [3.05, 3.63) is 76.3 Å². The number of hydrogen-bond donors (Lipinski definition) is 1. The lowest BCUT2D eigenvalue weighted by molar-refractivity contribution is -0.132. The van der Waals surface area contributed by atoms with Gasteiger partial charge in [-0.1, -0.05) is 35.9 Å². The molecule has 0 unspecified atom stereocenters. The van der Waals surface area contributed by atoms with Gasteiger partial charge in [-0.3, -0.25) is 9.59 Å². The van der Waals surface area contributed by atoms with E-state index in [0.717, 1.165) is 11.1 Å². The van der Waals surface area contributed by atoms with E-state index in [0.29, 0.717) is 23.7 Å². The Labute approximate surface area is 163 Å². The molecule has 2 aromatic carbocycles. The summed E-state index contributed by atoms with van der Waals surface area (Å²) >= 11 is 5.83. The second-order valence-corrected chi connectivity index (χ2v) is 6.26. The Morgan fingerprint density at radius 3 is 2.41 bits per heavy atom. The number of halogens is 1. The van der Waals surface area contributed by atoms with Crippen LogP contribution in [0.2, 0.25) is 5.02 Å². The zero-order valence-electron chi connectivity index (χ0n) is 15.0. The third-order valence-corrected chi connectivity index (χ3v) is 4.14. The van der Waals surface area contributed by atoms with Crippen LogP contribution >= 0.6 is 11.6 Å². The second kappa shape index (κ2) is 10.1. The standard InChI is InChI=1S/C21H20ClN3O2/c1-2-25(15-20(26)24-14-18-7-10-19(22)11-8-18)21(27)12-9-16-3-5-17(13-23)6-4-16/h3-12H,2,14-15H2,1H3,(H,24,26). The van der Waals surface area contributed by atoms with Gasteiger partial charge in [0.1, 0.15) is 0 Å². The van der Waals surface area contributed by atoms with Crippen LogP contribution in [0.5, 0.6) is 0 Å². The third kappa shape index (κ3) is 6.61. The molecule has 0 aromatic heterocycles. The number of carbonyl (C=O) groups excluding carboxylic acids is 2. The fourth-order valence-electron chi connectivity index (χ4n) is 2.32. The van der Waals surface area contributed by atoms with Crippen molar-refractivity contribution in [3.8, 4) is 6.07 Å². The van der Waals surface area contributed by atoms with Crippen molar-refractivity contribution in [2.45, 2.75) is 13.5 Å². The van der Waals surface area contributed by atoms with E-state index in [1.807, 2.05) is 25.1 Å². The van der Waals surface area contributed by atoms with Crippen molar-refractivity contribution in [1.82, 2.24) is 10.2 Å². The first kappa shape index (κ1) is 20.2. The number of nitriles is 1. The van der Waals surface area contributed by atoms with Crippen molar-refractivity contribution in [1.29, 1.82) is 5.26 Å².